The first-order valence-corrected chi connectivity index (χ1v) is 9.45. The van der Waals surface area contributed by atoms with Crippen LogP contribution in [-0.2, 0) is 6.54 Å². The summed E-state index contributed by atoms with van der Waals surface area (Å²) in [6.45, 7) is 0.508. The van der Waals surface area contributed by atoms with Gasteiger partial charge in [-0.15, -0.1) is 0 Å². The molecule has 2 N–H and O–H groups in total. The first kappa shape index (κ1) is 20.1. The lowest BCUT2D eigenvalue weighted by molar-refractivity contribution is 0.395. The molecular weight excluding hydrogens is 447 g/mol. The van der Waals surface area contributed by atoms with Crippen LogP contribution in [0.2, 0.25) is 0 Å². The fourth-order valence-electron chi connectivity index (χ4n) is 2.49. The summed E-state index contributed by atoms with van der Waals surface area (Å²) >= 11 is 8.84. The number of anilines is 2. The van der Waals surface area contributed by atoms with E-state index >= 15 is 0 Å². The first-order valence-electron chi connectivity index (χ1n) is 8.25. The molecule has 0 saturated heterocycles. The number of nitrogens with one attached hydrogen (secondary N) is 2. The molecular formula is C19H18BrFN4O2S. The molecule has 0 atom stereocenters. The first-order chi connectivity index (χ1) is 13.5. The average molecular weight is 465 g/mol. The Balaban J connectivity index is 1.67. The van der Waals surface area contributed by atoms with Crippen LogP contribution in [0.4, 0.5) is 15.9 Å². The normalized spacial score (nSPS) is 10.4. The summed E-state index contributed by atoms with van der Waals surface area (Å²) in [5.41, 5.74) is 1.66. The number of benzene rings is 2. The lowest BCUT2D eigenvalue weighted by Crippen LogP contribution is -2.20. The molecule has 146 valence electrons. The molecule has 3 aromatic rings. The van der Waals surface area contributed by atoms with Crippen LogP contribution in [0.5, 0.6) is 11.5 Å². The molecule has 0 aliphatic rings. The van der Waals surface area contributed by atoms with Gasteiger partial charge in [-0.05, 0) is 45.8 Å². The Morgan fingerprint density at radius 3 is 2.36 bits per heavy atom. The number of hydrogen-bond donors (Lipinski definition) is 2. The molecule has 2 aromatic carbocycles. The monoisotopic (exact) mass is 464 g/mol. The molecule has 6 nitrogen and oxygen atoms in total. The van der Waals surface area contributed by atoms with Crippen molar-refractivity contribution >= 4 is 44.8 Å². The van der Waals surface area contributed by atoms with E-state index in [1.165, 1.54) is 12.1 Å². The van der Waals surface area contributed by atoms with Gasteiger partial charge in [-0.25, -0.2) is 4.39 Å². The molecule has 0 spiro atoms. The van der Waals surface area contributed by atoms with Gasteiger partial charge in [-0.2, -0.15) is 5.10 Å². The Labute approximate surface area is 175 Å². The lowest BCUT2D eigenvalue weighted by atomic mass is 10.2. The zero-order valence-corrected chi connectivity index (χ0v) is 17.6. The number of thiocarbonyl (C=S) groups is 1. The quantitative estimate of drug-likeness (QED) is 0.517. The summed E-state index contributed by atoms with van der Waals surface area (Å²) in [6.07, 6.45) is 1.82. The number of ether oxygens (including phenoxy) is 2. The van der Waals surface area contributed by atoms with Gasteiger partial charge in [0, 0.05) is 30.1 Å². The zero-order valence-electron chi connectivity index (χ0n) is 15.2. The molecule has 1 heterocycles. The van der Waals surface area contributed by atoms with Crippen LogP contribution in [0.3, 0.4) is 0 Å². The van der Waals surface area contributed by atoms with Crippen LogP contribution in [0, 0.1) is 5.82 Å². The number of hydrogen-bond acceptors (Lipinski definition) is 4. The van der Waals surface area contributed by atoms with Crippen molar-refractivity contribution < 1.29 is 13.9 Å². The molecule has 0 aliphatic heterocycles. The molecule has 28 heavy (non-hydrogen) atoms. The number of nitrogens with zero attached hydrogens (tertiary/aromatic N) is 2. The summed E-state index contributed by atoms with van der Waals surface area (Å²) in [5, 5.41) is 11.0. The maximum Gasteiger partial charge on any atom is 0.176 e. The van der Waals surface area contributed by atoms with Gasteiger partial charge in [-0.1, -0.05) is 12.1 Å². The van der Waals surface area contributed by atoms with Gasteiger partial charge in [0.1, 0.15) is 17.3 Å². The minimum Gasteiger partial charge on any atom is -0.497 e. The second-order valence-electron chi connectivity index (χ2n) is 5.83. The van der Waals surface area contributed by atoms with Crippen LogP contribution >= 0.6 is 28.1 Å². The number of aromatic nitrogens is 2. The molecule has 0 unspecified atom stereocenters. The number of methoxy groups -OCH3 is 2. The largest absolute Gasteiger partial charge is 0.497 e. The van der Waals surface area contributed by atoms with Gasteiger partial charge in [0.15, 0.2) is 10.9 Å². The Hall–Kier alpha value is -2.65. The topological polar surface area (TPSA) is 60.3 Å². The van der Waals surface area contributed by atoms with Gasteiger partial charge in [0.05, 0.1) is 25.2 Å². The maximum atomic E-state index is 13.0. The van der Waals surface area contributed by atoms with Gasteiger partial charge in [-0.3, -0.25) is 4.68 Å². The second kappa shape index (κ2) is 9.03. The number of rotatable bonds is 6. The SMILES string of the molecule is COc1cc(NC(=S)Nc2nn(Cc3ccc(F)cc3)cc2Br)cc(OC)c1. The Morgan fingerprint density at radius 1 is 1.11 bits per heavy atom. The highest BCUT2D eigenvalue weighted by molar-refractivity contribution is 9.10. The summed E-state index contributed by atoms with van der Waals surface area (Å²) < 4.78 is 26.0. The van der Waals surface area contributed by atoms with Crippen molar-refractivity contribution in [2.24, 2.45) is 0 Å². The summed E-state index contributed by atoms with van der Waals surface area (Å²) in [5.74, 6) is 1.59. The Bertz CT molecular complexity index is 956. The highest BCUT2D eigenvalue weighted by Crippen LogP contribution is 2.26. The fraction of sp³-hybridized carbons (Fsp3) is 0.158. The predicted octanol–water partition coefficient (Wildman–Crippen LogP) is 4.66. The van der Waals surface area contributed by atoms with E-state index in [4.69, 9.17) is 21.7 Å². The summed E-state index contributed by atoms with van der Waals surface area (Å²) in [7, 11) is 3.17. The van der Waals surface area contributed by atoms with Crippen molar-refractivity contribution in [2.75, 3.05) is 24.9 Å². The van der Waals surface area contributed by atoms with Gasteiger partial charge < -0.3 is 20.1 Å². The van der Waals surface area contributed by atoms with Crippen molar-refractivity contribution in [3.05, 3.63) is 64.5 Å². The molecule has 0 saturated carbocycles. The van der Waals surface area contributed by atoms with E-state index in [1.807, 2.05) is 6.20 Å². The molecule has 3 rings (SSSR count). The van der Waals surface area contributed by atoms with Gasteiger partial charge in [0.2, 0.25) is 0 Å². The highest BCUT2D eigenvalue weighted by atomic mass is 79.9. The van der Waals surface area contributed by atoms with Gasteiger partial charge >= 0.3 is 0 Å². The molecule has 0 aliphatic carbocycles. The fourth-order valence-corrected chi connectivity index (χ4v) is 3.12. The Morgan fingerprint density at radius 2 is 1.75 bits per heavy atom. The standard InChI is InChI=1S/C19H18BrFN4O2S/c1-26-15-7-14(8-16(9-15)27-2)22-19(28)23-18-17(20)11-25(24-18)10-12-3-5-13(21)6-4-12/h3-9,11H,10H2,1-2H3,(H2,22,23,24,28). The third-order valence-electron chi connectivity index (χ3n) is 3.82. The minimum atomic E-state index is -0.265. The molecule has 0 fully saturated rings. The van der Waals surface area contributed by atoms with Crippen molar-refractivity contribution in [3.8, 4) is 11.5 Å². The third kappa shape index (κ3) is 5.20. The van der Waals surface area contributed by atoms with Crippen molar-refractivity contribution in [3.63, 3.8) is 0 Å². The molecule has 9 heteroatoms. The van der Waals surface area contributed by atoms with Crippen LogP contribution in [-0.4, -0.2) is 29.1 Å². The molecule has 0 radical (unpaired) electrons. The van der Waals surface area contributed by atoms with E-state index in [1.54, 1.807) is 49.2 Å². The predicted molar refractivity (Wildman–Crippen MR) is 115 cm³/mol. The smallest absolute Gasteiger partial charge is 0.176 e. The van der Waals surface area contributed by atoms with E-state index in [-0.39, 0.29) is 5.82 Å². The second-order valence-corrected chi connectivity index (χ2v) is 7.09. The van der Waals surface area contributed by atoms with E-state index in [0.717, 1.165) is 15.7 Å². The zero-order chi connectivity index (χ0) is 20.1. The van der Waals surface area contributed by atoms with Crippen LogP contribution in [0.25, 0.3) is 0 Å². The average Bonchev–Trinajstić information content (AvgIpc) is 3.01. The lowest BCUT2D eigenvalue weighted by Gasteiger charge is -2.12. The van der Waals surface area contributed by atoms with Gasteiger partial charge in [0.25, 0.3) is 0 Å². The molecule has 0 amide bonds. The van der Waals surface area contributed by atoms with Crippen molar-refractivity contribution in [1.29, 1.82) is 0 Å². The Kier molecular flexibility index (Phi) is 6.48. The summed E-state index contributed by atoms with van der Waals surface area (Å²) in [4.78, 5) is 0. The van der Waals surface area contributed by atoms with E-state index in [0.29, 0.717) is 29.0 Å². The number of halogens is 2. The van der Waals surface area contributed by atoms with E-state index in [2.05, 4.69) is 31.7 Å². The van der Waals surface area contributed by atoms with Crippen LogP contribution < -0.4 is 20.1 Å². The van der Waals surface area contributed by atoms with Crippen LogP contribution in [0.15, 0.2) is 53.1 Å². The molecule has 1 aromatic heterocycles. The summed E-state index contributed by atoms with van der Waals surface area (Å²) in [6, 6.07) is 11.7. The minimum absolute atomic E-state index is 0.265. The van der Waals surface area contributed by atoms with Crippen molar-refractivity contribution in [2.45, 2.75) is 6.54 Å². The van der Waals surface area contributed by atoms with Crippen molar-refractivity contribution in [1.82, 2.24) is 9.78 Å². The highest BCUT2D eigenvalue weighted by Gasteiger charge is 2.10. The molecule has 0 bridgehead atoms. The van der Waals surface area contributed by atoms with E-state index in [9.17, 15) is 4.39 Å². The third-order valence-corrected chi connectivity index (χ3v) is 4.60. The van der Waals surface area contributed by atoms with E-state index < -0.39 is 0 Å². The van der Waals surface area contributed by atoms with Crippen LogP contribution in [0.1, 0.15) is 5.56 Å². The maximum absolute atomic E-state index is 13.0.